The third-order valence-electron chi connectivity index (χ3n) is 4.15. The van der Waals surface area contributed by atoms with Gasteiger partial charge in [0.2, 0.25) is 4.80 Å². The Morgan fingerprint density at radius 2 is 1.84 bits per heavy atom. The Hall–Kier alpha value is -3.78. The standard InChI is InChI=1S/C23H21N3O4S/c1-29-19-13-7-6-11-18(19)12-8-14-25-26-21(27)15-20(22(28)30-2)31-23(26)24-16-17-9-4-3-5-10-17/h3-15H,16H2,1-2H3/b12-8+,24-23?,25-14+. The van der Waals surface area contributed by atoms with Gasteiger partial charge in [0.05, 0.1) is 20.8 Å². The summed E-state index contributed by atoms with van der Waals surface area (Å²) in [5.41, 5.74) is 1.37. The highest BCUT2D eigenvalue weighted by molar-refractivity contribution is 7.11. The molecule has 158 valence electrons. The van der Waals surface area contributed by atoms with E-state index in [2.05, 4.69) is 10.1 Å². The van der Waals surface area contributed by atoms with Crippen LogP contribution >= 0.6 is 11.3 Å². The monoisotopic (exact) mass is 435 g/mol. The van der Waals surface area contributed by atoms with Gasteiger partial charge in [-0.2, -0.15) is 9.78 Å². The van der Waals surface area contributed by atoms with Crippen molar-refractivity contribution in [3.8, 4) is 5.75 Å². The number of benzene rings is 2. The maximum Gasteiger partial charge on any atom is 0.348 e. The number of carbonyl (C=O) groups excluding carboxylic acids is 1. The van der Waals surface area contributed by atoms with Crippen molar-refractivity contribution in [1.82, 2.24) is 4.68 Å². The Morgan fingerprint density at radius 1 is 1.10 bits per heavy atom. The number of hydrogen-bond acceptors (Lipinski definition) is 7. The molecule has 0 saturated heterocycles. The second-order valence-electron chi connectivity index (χ2n) is 6.20. The Balaban J connectivity index is 1.96. The maximum atomic E-state index is 12.6. The fourth-order valence-corrected chi connectivity index (χ4v) is 3.52. The van der Waals surface area contributed by atoms with E-state index >= 15 is 0 Å². The minimum atomic E-state index is -0.592. The second kappa shape index (κ2) is 10.8. The minimum absolute atomic E-state index is 0.162. The molecule has 1 aromatic heterocycles. The highest BCUT2D eigenvalue weighted by Crippen LogP contribution is 2.18. The van der Waals surface area contributed by atoms with Gasteiger partial charge in [0.1, 0.15) is 10.6 Å². The third-order valence-corrected chi connectivity index (χ3v) is 5.14. The van der Waals surface area contributed by atoms with Gasteiger partial charge >= 0.3 is 5.97 Å². The number of para-hydroxylation sites is 1. The smallest absolute Gasteiger partial charge is 0.348 e. The molecule has 0 N–H and O–H groups in total. The van der Waals surface area contributed by atoms with Gasteiger partial charge in [-0.1, -0.05) is 59.9 Å². The fourth-order valence-electron chi connectivity index (χ4n) is 2.64. The first-order chi connectivity index (χ1) is 15.1. The molecule has 1 heterocycles. The van der Waals surface area contributed by atoms with E-state index in [4.69, 9.17) is 9.47 Å². The van der Waals surface area contributed by atoms with Gasteiger partial charge in [-0.15, -0.1) is 0 Å². The van der Waals surface area contributed by atoms with Gasteiger partial charge < -0.3 is 9.47 Å². The van der Waals surface area contributed by atoms with Gasteiger partial charge in [-0.25, -0.2) is 4.79 Å². The summed E-state index contributed by atoms with van der Waals surface area (Å²) in [6.45, 7) is 0.341. The van der Waals surface area contributed by atoms with E-state index in [1.165, 1.54) is 19.4 Å². The Bertz CT molecular complexity index is 1230. The van der Waals surface area contributed by atoms with Crippen molar-refractivity contribution in [2.45, 2.75) is 6.54 Å². The highest BCUT2D eigenvalue weighted by Gasteiger charge is 2.11. The average molecular weight is 436 g/mol. The van der Waals surface area contributed by atoms with Crippen LogP contribution in [0.5, 0.6) is 5.75 Å². The summed E-state index contributed by atoms with van der Waals surface area (Å²) in [4.78, 5) is 29.5. The Kier molecular flexibility index (Phi) is 7.67. The normalized spacial score (nSPS) is 11.9. The molecule has 0 spiro atoms. The lowest BCUT2D eigenvalue weighted by Gasteiger charge is -2.03. The molecular formula is C23H21N3O4S. The van der Waals surface area contributed by atoms with Crippen molar-refractivity contribution in [3.63, 3.8) is 0 Å². The lowest BCUT2D eigenvalue weighted by molar-refractivity contribution is 0.0606. The molecule has 8 heteroatoms. The molecule has 7 nitrogen and oxygen atoms in total. The summed E-state index contributed by atoms with van der Waals surface area (Å²) in [7, 11) is 2.87. The summed E-state index contributed by atoms with van der Waals surface area (Å²) < 4.78 is 11.2. The largest absolute Gasteiger partial charge is 0.496 e. The molecule has 0 aliphatic heterocycles. The molecule has 3 rings (SSSR count). The number of nitrogens with zero attached hydrogens (tertiary/aromatic N) is 3. The van der Waals surface area contributed by atoms with Gasteiger partial charge in [0, 0.05) is 17.8 Å². The van der Waals surface area contributed by atoms with Crippen LogP contribution in [-0.2, 0) is 11.3 Å². The number of esters is 1. The fraction of sp³-hybridized carbons (Fsp3) is 0.130. The first-order valence-corrected chi connectivity index (χ1v) is 10.2. The zero-order chi connectivity index (χ0) is 22.1. The number of allylic oxidation sites excluding steroid dienone is 1. The second-order valence-corrected chi connectivity index (χ2v) is 7.21. The molecule has 0 bridgehead atoms. The van der Waals surface area contributed by atoms with Crippen molar-refractivity contribution >= 4 is 29.6 Å². The first-order valence-electron chi connectivity index (χ1n) is 9.36. The van der Waals surface area contributed by atoms with E-state index in [1.54, 1.807) is 13.2 Å². The van der Waals surface area contributed by atoms with Crippen LogP contribution < -0.4 is 15.1 Å². The predicted molar refractivity (Wildman–Crippen MR) is 122 cm³/mol. The van der Waals surface area contributed by atoms with Crippen molar-refractivity contribution in [2.75, 3.05) is 14.2 Å². The number of aromatic nitrogens is 1. The zero-order valence-corrected chi connectivity index (χ0v) is 17.9. The van der Waals surface area contributed by atoms with E-state index in [0.717, 1.165) is 32.9 Å². The van der Waals surface area contributed by atoms with Crippen LogP contribution in [0.1, 0.15) is 20.8 Å². The van der Waals surface area contributed by atoms with Crippen LogP contribution in [0, 0.1) is 0 Å². The van der Waals surface area contributed by atoms with Gasteiger partial charge in [-0.05, 0) is 23.8 Å². The number of ether oxygens (including phenoxy) is 2. The number of hydrogen-bond donors (Lipinski definition) is 0. The van der Waals surface area contributed by atoms with Crippen LogP contribution in [0.15, 0.2) is 81.6 Å². The van der Waals surface area contributed by atoms with Crippen LogP contribution in [0.25, 0.3) is 6.08 Å². The summed E-state index contributed by atoms with van der Waals surface area (Å²) in [5.74, 6) is 0.137. The quantitative estimate of drug-likeness (QED) is 0.421. The topological polar surface area (TPSA) is 82.2 Å². The van der Waals surface area contributed by atoms with Gasteiger partial charge in [0.15, 0.2) is 0 Å². The molecule has 0 aliphatic carbocycles. The van der Waals surface area contributed by atoms with E-state index in [9.17, 15) is 9.59 Å². The molecule has 0 radical (unpaired) electrons. The average Bonchev–Trinajstić information content (AvgIpc) is 2.81. The lowest BCUT2D eigenvalue weighted by Crippen LogP contribution is -2.30. The summed E-state index contributed by atoms with van der Waals surface area (Å²) >= 11 is 1.04. The molecule has 0 fully saturated rings. The molecule has 2 aromatic carbocycles. The van der Waals surface area contributed by atoms with E-state index in [-0.39, 0.29) is 4.88 Å². The van der Waals surface area contributed by atoms with Gasteiger partial charge in [0.25, 0.3) is 5.56 Å². The minimum Gasteiger partial charge on any atom is -0.496 e. The zero-order valence-electron chi connectivity index (χ0n) is 17.1. The number of rotatable bonds is 7. The molecule has 3 aromatic rings. The number of methoxy groups -OCH3 is 2. The summed E-state index contributed by atoms with van der Waals surface area (Å²) in [6.07, 6.45) is 5.00. The third kappa shape index (κ3) is 5.86. The first kappa shape index (κ1) is 21.9. The molecule has 31 heavy (non-hydrogen) atoms. The molecule has 0 unspecified atom stereocenters. The van der Waals surface area contributed by atoms with Crippen LogP contribution in [0.4, 0.5) is 0 Å². The van der Waals surface area contributed by atoms with Crippen molar-refractivity contribution in [3.05, 3.63) is 97.9 Å². The van der Waals surface area contributed by atoms with E-state index in [0.29, 0.717) is 11.3 Å². The predicted octanol–water partition coefficient (Wildman–Crippen LogP) is 3.35. The van der Waals surface area contributed by atoms with Crippen molar-refractivity contribution < 1.29 is 14.3 Å². The molecule has 0 saturated carbocycles. The van der Waals surface area contributed by atoms with Crippen LogP contribution in [0.2, 0.25) is 0 Å². The highest BCUT2D eigenvalue weighted by atomic mass is 32.1. The van der Waals surface area contributed by atoms with Crippen LogP contribution in [0.3, 0.4) is 0 Å². The van der Waals surface area contributed by atoms with Crippen LogP contribution in [-0.4, -0.2) is 31.1 Å². The molecule has 0 atom stereocenters. The SMILES string of the molecule is COC(=O)c1cc(=O)n(/N=C/C=C/c2ccccc2OC)c(=NCc2ccccc2)s1. The molecule has 0 aliphatic rings. The van der Waals surface area contributed by atoms with Crippen molar-refractivity contribution in [2.24, 2.45) is 10.1 Å². The van der Waals surface area contributed by atoms with Crippen molar-refractivity contribution in [1.29, 1.82) is 0 Å². The van der Waals surface area contributed by atoms with E-state index in [1.807, 2.05) is 60.7 Å². The number of carbonyl (C=O) groups is 1. The Labute approximate surface area is 183 Å². The maximum absolute atomic E-state index is 12.6. The van der Waals surface area contributed by atoms with Gasteiger partial charge in [-0.3, -0.25) is 9.79 Å². The summed E-state index contributed by atoms with van der Waals surface area (Å²) in [5, 5.41) is 4.23. The molecule has 0 amide bonds. The van der Waals surface area contributed by atoms with E-state index < -0.39 is 11.5 Å². The summed E-state index contributed by atoms with van der Waals surface area (Å²) in [6, 6.07) is 18.3. The Morgan fingerprint density at radius 3 is 2.58 bits per heavy atom. The molecular weight excluding hydrogens is 414 g/mol. The lowest BCUT2D eigenvalue weighted by atomic mass is 10.2.